The topological polar surface area (TPSA) is 96.5 Å². The Hall–Kier alpha value is -2.50. The summed E-state index contributed by atoms with van der Waals surface area (Å²) in [7, 11) is 3.79. The molecule has 0 bridgehead atoms. The van der Waals surface area contributed by atoms with Crippen LogP contribution in [0.3, 0.4) is 0 Å². The van der Waals surface area contributed by atoms with Crippen LogP contribution in [-0.4, -0.2) is 43.4 Å². The molecular weight excluding hydrogens is 484 g/mol. The van der Waals surface area contributed by atoms with Crippen molar-refractivity contribution in [3.8, 4) is 18.2 Å². The Morgan fingerprint density at radius 2 is 1.70 bits per heavy atom. The lowest BCUT2D eigenvalue weighted by atomic mass is 10.1. The van der Waals surface area contributed by atoms with Gasteiger partial charge in [-0.05, 0) is 48.9 Å². The largest absolute Gasteiger partial charge is 0.493 e. The Morgan fingerprint density at radius 1 is 1.16 bits per heavy atom. The summed E-state index contributed by atoms with van der Waals surface area (Å²) in [6, 6.07) is 10.2. The second-order valence-electron chi connectivity index (χ2n) is 7.60. The van der Waals surface area contributed by atoms with Gasteiger partial charge < -0.3 is 4.74 Å². The molecule has 0 aliphatic heterocycles. The van der Waals surface area contributed by atoms with Gasteiger partial charge in [0.15, 0.2) is 0 Å². The first kappa shape index (κ1) is 41.6. The second kappa shape index (κ2) is 33.5. The minimum Gasteiger partial charge on any atom is -0.493 e. The van der Waals surface area contributed by atoms with Gasteiger partial charge in [0.2, 0.25) is 18.2 Å². The number of carbonyl (C=O) groups is 2. The summed E-state index contributed by atoms with van der Waals surface area (Å²) in [6.45, 7) is 16.1. The van der Waals surface area contributed by atoms with Gasteiger partial charge in [-0.15, -0.1) is 0 Å². The standard InChI is InChI=1S/C12H17NOS.C5H8N2.C5H9NO2.C3H8.2C2H6/c13-15-12-7-3-6-11(8-12)14-9-10-4-1-2-5-10;1-4-6-5-7(2)3;1-3-5(8)6-4(2)7;1-3-2;2*1-2/h3,6-8,10H,1-2,4-5,9,13H2;1,5H,2-3H3;3H2,1-2H3,(H,6,7,8);3H2,1-2H3;2*1-2H3/p+1. The van der Waals surface area contributed by atoms with E-state index in [-0.39, 0.29) is 11.8 Å². The first-order valence-electron chi connectivity index (χ1n) is 13.3. The monoisotopic (exact) mass is 539 g/mol. The highest BCUT2D eigenvalue weighted by Crippen LogP contribution is 2.26. The molecule has 0 unspecified atom stereocenters. The van der Waals surface area contributed by atoms with E-state index in [1.54, 1.807) is 13.3 Å². The van der Waals surface area contributed by atoms with Crippen LogP contribution in [0.4, 0.5) is 0 Å². The van der Waals surface area contributed by atoms with Crippen molar-refractivity contribution in [3.05, 3.63) is 24.3 Å². The number of benzene rings is 1. The Morgan fingerprint density at radius 3 is 2.05 bits per heavy atom. The van der Waals surface area contributed by atoms with Gasteiger partial charge in [-0.25, -0.2) is 5.32 Å². The van der Waals surface area contributed by atoms with Gasteiger partial charge >= 0.3 is 0 Å². The van der Waals surface area contributed by atoms with Crippen LogP contribution in [0.15, 0.2) is 29.2 Å². The maximum atomic E-state index is 10.3. The highest BCUT2D eigenvalue weighted by Gasteiger charge is 2.15. The lowest BCUT2D eigenvalue weighted by molar-refractivity contribution is -0.461. The molecule has 4 N–H and O–H groups in total. The molecule has 0 spiro atoms. The van der Waals surface area contributed by atoms with Crippen LogP contribution in [0, 0.1) is 18.4 Å². The summed E-state index contributed by atoms with van der Waals surface area (Å²) in [5.41, 5.74) is 0. The van der Waals surface area contributed by atoms with Crippen LogP contribution in [0.25, 0.3) is 0 Å². The third-order valence-corrected chi connectivity index (χ3v) is 4.47. The number of amides is 2. The van der Waals surface area contributed by atoms with E-state index in [1.807, 2.05) is 70.6 Å². The number of ether oxygens (including phenoxy) is 1. The fraction of sp³-hybridized carbons (Fsp3) is 0.621. The molecule has 8 heteroatoms. The summed E-state index contributed by atoms with van der Waals surface area (Å²) >= 11 is 1.26. The smallest absolute Gasteiger partial charge is 0.244 e. The predicted molar refractivity (Wildman–Crippen MR) is 162 cm³/mol. The van der Waals surface area contributed by atoms with E-state index in [1.165, 1.54) is 51.0 Å². The second-order valence-corrected chi connectivity index (χ2v) is 8.31. The number of nitrogens with two attached hydrogens (primary N) is 1. The molecule has 2 amide bonds. The molecular formula is C29H55N4O3S+. The minimum atomic E-state index is -0.295. The first-order chi connectivity index (χ1) is 17.7. The maximum absolute atomic E-state index is 10.3. The van der Waals surface area contributed by atoms with Crippen LogP contribution < -0.4 is 20.5 Å². The van der Waals surface area contributed by atoms with E-state index in [0.29, 0.717) is 6.42 Å². The van der Waals surface area contributed by atoms with Crippen LogP contribution in [0.2, 0.25) is 0 Å². The first-order valence-corrected chi connectivity index (χ1v) is 14.2. The molecule has 0 saturated heterocycles. The Bertz CT molecular complexity index is 724. The molecule has 7 nitrogen and oxygen atoms in total. The van der Waals surface area contributed by atoms with Crippen LogP contribution in [-0.2, 0) is 9.59 Å². The number of nitrogens with one attached hydrogen (secondary N) is 2. The number of hydrogen-bond donors (Lipinski definition) is 3. The van der Waals surface area contributed by atoms with E-state index in [0.717, 1.165) is 23.2 Å². The summed E-state index contributed by atoms with van der Waals surface area (Å²) in [4.78, 5) is 21.4. The zero-order valence-corrected chi connectivity index (χ0v) is 26.0. The van der Waals surface area contributed by atoms with E-state index in [9.17, 15) is 9.59 Å². The summed E-state index contributed by atoms with van der Waals surface area (Å²) in [6.07, 6.45) is 13.5. The van der Waals surface area contributed by atoms with Crippen molar-refractivity contribution < 1.29 is 18.9 Å². The van der Waals surface area contributed by atoms with Crippen molar-refractivity contribution in [1.82, 2.24) is 10.6 Å². The summed E-state index contributed by atoms with van der Waals surface area (Å²) < 4.78 is 7.60. The molecule has 1 aromatic carbocycles. The number of nitrogens with zero attached hydrogens (tertiary/aromatic N) is 1. The third kappa shape index (κ3) is 33.5. The highest BCUT2D eigenvalue weighted by atomic mass is 32.2. The number of carbonyl (C=O) groups excluding carboxylic acids is 2. The van der Waals surface area contributed by atoms with Gasteiger partial charge in [0.1, 0.15) is 11.8 Å². The zero-order chi connectivity index (χ0) is 29.5. The van der Waals surface area contributed by atoms with Crippen molar-refractivity contribution in [2.45, 2.75) is 98.8 Å². The molecule has 1 aliphatic rings. The Kier molecular flexibility index (Phi) is 37.7. The van der Waals surface area contributed by atoms with Gasteiger partial charge in [-0.1, -0.05) is 80.2 Å². The van der Waals surface area contributed by atoms with Crippen molar-refractivity contribution in [1.29, 1.82) is 0 Å². The van der Waals surface area contributed by atoms with E-state index in [4.69, 9.17) is 16.3 Å². The van der Waals surface area contributed by atoms with Crippen molar-refractivity contribution in [2.24, 2.45) is 11.1 Å². The lowest BCUT2D eigenvalue weighted by Crippen LogP contribution is -2.26. The van der Waals surface area contributed by atoms with Crippen LogP contribution in [0.5, 0.6) is 5.75 Å². The molecule has 2 rings (SSSR count). The molecule has 0 heterocycles. The van der Waals surface area contributed by atoms with E-state index < -0.39 is 0 Å². The van der Waals surface area contributed by atoms with Crippen molar-refractivity contribution in [2.75, 3.05) is 20.7 Å². The predicted octanol–water partition coefficient (Wildman–Crippen LogP) is 6.22. The van der Waals surface area contributed by atoms with Crippen molar-refractivity contribution in [3.63, 3.8) is 0 Å². The average Bonchev–Trinajstić information content (AvgIpc) is 3.43. The zero-order valence-electron chi connectivity index (χ0n) is 25.1. The number of imide groups is 1. The number of terminal acetylenes is 1. The number of hydrogen-bond acceptors (Lipinski definition) is 5. The molecule has 1 fully saturated rings. The third-order valence-electron chi connectivity index (χ3n) is 3.94. The van der Waals surface area contributed by atoms with E-state index >= 15 is 0 Å². The molecule has 1 aliphatic carbocycles. The van der Waals surface area contributed by atoms with Crippen LogP contribution in [0.1, 0.15) is 93.9 Å². The average molecular weight is 540 g/mol. The molecule has 1 aromatic rings. The van der Waals surface area contributed by atoms with E-state index in [2.05, 4.69) is 30.5 Å². The molecule has 0 atom stereocenters. The van der Waals surface area contributed by atoms with Gasteiger partial charge in [-0.2, -0.15) is 0 Å². The van der Waals surface area contributed by atoms with Gasteiger partial charge in [0, 0.05) is 18.2 Å². The summed E-state index contributed by atoms with van der Waals surface area (Å²) in [5, 5.41) is 10.2. The molecule has 37 heavy (non-hydrogen) atoms. The maximum Gasteiger partial charge on any atom is 0.244 e. The molecule has 0 radical (unpaired) electrons. The molecule has 0 aromatic heterocycles. The number of rotatable bonds is 6. The van der Waals surface area contributed by atoms with Gasteiger partial charge in [0.25, 0.3) is 0 Å². The minimum absolute atomic E-state index is 0.225. The SMILES string of the molecule is C#CNC=[N+](C)C.CC.CC.CCC.CCC(=O)NC(C)=O.NSc1cccc(OCC2CCCC2)c1. The fourth-order valence-corrected chi connectivity index (χ4v) is 2.82. The quantitative estimate of drug-likeness (QED) is 0.0992. The molecule has 1 saturated carbocycles. The Labute approximate surface area is 232 Å². The van der Waals surface area contributed by atoms with Gasteiger partial charge in [0.05, 0.1) is 20.7 Å². The van der Waals surface area contributed by atoms with Crippen LogP contribution >= 0.6 is 11.9 Å². The molecule has 214 valence electrons. The Balaban J connectivity index is -0.000000212. The fourth-order valence-electron chi connectivity index (χ4n) is 2.48. The lowest BCUT2D eigenvalue weighted by Gasteiger charge is -2.11. The van der Waals surface area contributed by atoms with Crippen molar-refractivity contribution >= 4 is 30.1 Å². The van der Waals surface area contributed by atoms with Gasteiger partial charge in [-0.3, -0.25) is 24.6 Å². The normalized spacial score (nSPS) is 10.6. The summed E-state index contributed by atoms with van der Waals surface area (Å²) in [5.74, 6) is 1.19. The highest BCUT2D eigenvalue weighted by molar-refractivity contribution is 7.97.